The first-order valence-electron chi connectivity index (χ1n) is 3.71. The molecule has 0 aliphatic rings. The lowest BCUT2D eigenvalue weighted by atomic mass is 10.3. The molecule has 1 heterocycles. The molecule has 1 aromatic heterocycles. The molecule has 1 aromatic carbocycles. The molecule has 0 spiro atoms. The number of rotatable bonds is 1. The van der Waals surface area contributed by atoms with Gasteiger partial charge < -0.3 is 4.57 Å². The van der Waals surface area contributed by atoms with E-state index in [1.165, 1.54) is 29.2 Å². The monoisotopic (exact) mass is 180 g/mol. The molecule has 0 fully saturated rings. The van der Waals surface area contributed by atoms with Crippen LogP contribution in [0.4, 0.5) is 8.78 Å². The summed E-state index contributed by atoms with van der Waals surface area (Å²) in [6.45, 7) is 0. The van der Waals surface area contributed by atoms with Crippen molar-refractivity contribution >= 4 is 0 Å². The summed E-state index contributed by atoms with van der Waals surface area (Å²) in [6.07, 6.45) is 4.58. The van der Waals surface area contributed by atoms with Gasteiger partial charge in [0, 0.05) is 18.5 Å². The Morgan fingerprint density at radius 2 is 2.08 bits per heavy atom. The Hall–Kier alpha value is -1.71. The second-order valence-electron chi connectivity index (χ2n) is 2.57. The zero-order chi connectivity index (χ0) is 9.26. The zero-order valence-corrected chi connectivity index (χ0v) is 6.61. The minimum Gasteiger partial charge on any atom is -0.303 e. The molecular weight excluding hydrogens is 174 g/mol. The van der Waals surface area contributed by atoms with E-state index in [2.05, 4.69) is 4.98 Å². The predicted octanol–water partition coefficient (Wildman–Crippen LogP) is 2.15. The third kappa shape index (κ3) is 1.42. The first kappa shape index (κ1) is 7.91. The van der Waals surface area contributed by atoms with E-state index in [4.69, 9.17) is 0 Å². The fraction of sp³-hybridized carbons (Fsp3) is 0. The van der Waals surface area contributed by atoms with E-state index in [-0.39, 0.29) is 0 Å². The molecule has 0 aliphatic heterocycles. The highest BCUT2D eigenvalue weighted by Gasteiger charge is 2.04. The van der Waals surface area contributed by atoms with Crippen molar-refractivity contribution in [1.29, 1.82) is 0 Å². The van der Waals surface area contributed by atoms with Gasteiger partial charge in [0.1, 0.15) is 11.6 Å². The van der Waals surface area contributed by atoms with Crippen molar-refractivity contribution in [2.24, 2.45) is 0 Å². The smallest absolute Gasteiger partial charge is 0.150 e. The van der Waals surface area contributed by atoms with Crippen molar-refractivity contribution in [1.82, 2.24) is 9.55 Å². The Labute approximate surface area is 73.5 Å². The van der Waals surface area contributed by atoms with E-state index in [9.17, 15) is 8.78 Å². The molecule has 0 unspecified atom stereocenters. The van der Waals surface area contributed by atoms with Crippen LogP contribution in [0.5, 0.6) is 0 Å². The van der Waals surface area contributed by atoms with Gasteiger partial charge >= 0.3 is 0 Å². The Morgan fingerprint density at radius 3 is 2.69 bits per heavy atom. The summed E-state index contributed by atoms with van der Waals surface area (Å²) in [4.78, 5) is 3.76. The average Bonchev–Trinajstić information content (AvgIpc) is 2.56. The zero-order valence-electron chi connectivity index (χ0n) is 6.61. The number of hydrogen-bond acceptors (Lipinski definition) is 1. The highest BCUT2D eigenvalue weighted by Crippen LogP contribution is 2.13. The molecule has 2 rings (SSSR count). The van der Waals surface area contributed by atoms with E-state index in [1.54, 1.807) is 6.20 Å². The van der Waals surface area contributed by atoms with Crippen molar-refractivity contribution in [3.8, 4) is 5.69 Å². The number of halogens is 2. The lowest BCUT2D eigenvalue weighted by Gasteiger charge is -2.02. The van der Waals surface area contributed by atoms with Crippen LogP contribution >= 0.6 is 0 Å². The molecule has 2 nitrogen and oxygen atoms in total. The molecule has 0 radical (unpaired) electrons. The maximum absolute atomic E-state index is 13.1. The summed E-state index contributed by atoms with van der Waals surface area (Å²) in [5.41, 5.74) is 0.291. The second kappa shape index (κ2) is 2.97. The second-order valence-corrected chi connectivity index (χ2v) is 2.57. The highest BCUT2D eigenvalue weighted by molar-refractivity contribution is 5.33. The molecule has 0 aliphatic carbocycles. The Kier molecular flexibility index (Phi) is 1.81. The van der Waals surface area contributed by atoms with Gasteiger partial charge in [0.15, 0.2) is 0 Å². The standard InChI is InChI=1S/C9H6F2N2/c10-7-1-2-9(8(11)5-7)13-4-3-12-6-13/h1-6H. The Balaban J connectivity index is 2.53. The van der Waals surface area contributed by atoms with Crippen molar-refractivity contribution in [2.75, 3.05) is 0 Å². The molecule has 4 heteroatoms. The third-order valence-electron chi connectivity index (χ3n) is 1.69. The Morgan fingerprint density at radius 1 is 1.23 bits per heavy atom. The van der Waals surface area contributed by atoms with Crippen molar-refractivity contribution in [3.05, 3.63) is 48.6 Å². The first-order valence-corrected chi connectivity index (χ1v) is 3.71. The van der Waals surface area contributed by atoms with Crippen LogP contribution < -0.4 is 0 Å². The lowest BCUT2D eigenvalue weighted by Crippen LogP contribution is -1.94. The van der Waals surface area contributed by atoms with E-state index in [0.717, 1.165) is 6.07 Å². The van der Waals surface area contributed by atoms with E-state index >= 15 is 0 Å². The van der Waals surface area contributed by atoms with E-state index in [1.807, 2.05) is 0 Å². The third-order valence-corrected chi connectivity index (χ3v) is 1.69. The van der Waals surface area contributed by atoms with Crippen molar-refractivity contribution in [2.45, 2.75) is 0 Å². The molecule has 66 valence electrons. The van der Waals surface area contributed by atoms with Gasteiger partial charge in [0.25, 0.3) is 0 Å². The Bertz CT molecular complexity index is 410. The average molecular weight is 180 g/mol. The fourth-order valence-electron chi connectivity index (χ4n) is 1.09. The summed E-state index contributed by atoms with van der Waals surface area (Å²) in [5.74, 6) is -1.18. The summed E-state index contributed by atoms with van der Waals surface area (Å²) < 4.78 is 27.1. The predicted molar refractivity (Wildman–Crippen MR) is 43.5 cm³/mol. The van der Waals surface area contributed by atoms with Crippen LogP contribution in [0.2, 0.25) is 0 Å². The van der Waals surface area contributed by atoms with Gasteiger partial charge in [-0.05, 0) is 12.1 Å². The maximum atomic E-state index is 13.1. The van der Waals surface area contributed by atoms with Gasteiger partial charge in [0.2, 0.25) is 0 Å². The molecule has 13 heavy (non-hydrogen) atoms. The topological polar surface area (TPSA) is 17.8 Å². The minimum atomic E-state index is -0.599. The number of nitrogens with zero attached hydrogens (tertiary/aromatic N) is 2. The SMILES string of the molecule is Fc1ccc(-n2ccnc2)c(F)c1. The molecule has 0 N–H and O–H groups in total. The van der Waals surface area contributed by atoms with E-state index < -0.39 is 11.6 Å². The molecule has 0 amide bonds. The van der Waals surface area contributed by atoms with Crippen molar-refractivity contribution in [3.63, 3.8) is 0 Å². The molecule has 0 atom stereocenters. The molecule has 0 saturated carbocycles. The largest absolute Gasteiger partial charge is 0.303 e. The minimum absolute atomic E-state index is 0.291. The van der Waals surface area contributed by atoms with Gasteiger partial charge in [-0.25, -0.2) is 13.8 Å². The number of imidazole rings is 1. The maximum Gasteiger partial charge on any atom is 0.150 e. The lowest BCUT2D eigenvalue weighted by molar-refractivity contribution is 0.578. The molecule has 0 bridgehead atoms. The van der Waals surface area contributed by atoms with Crippen LogP contribution in [0.1, 0.15) is 0 Å². The first-order chi connectivity index (χ1) is 6.27. The highest BCUT2D eigenvalue weighted by atomic mass is 19.1. The van der Waals surface area contributed by atoms with Gasteiger partial charge in [-0.2, -0.15) is 0 Å². The molecule has 0 saturated heterocycles. The van der Waals surface area contributed by atoms with Crippen LogP contribution in [0.3, 0.4) is 0 Å². The normalized spacial score (nSPS) is 10.3. The summed E-state index contributed by atoms with van der Waals surface area (Å²) in [6, 6.07) is 3.42. The van der Waals surface area contributed by atoms with Crippen LogP contribution in [-0.4, -0.2) is 9.55 Å². The van der Waals surface area contributed by atoms with Crippen LogP contribution in [0.15, 0.2) is 36.9 Å². The number of benzene rings is 1. The van der Waals surface area contributed by atoms with Gasteiger partial charge in [0.05, 0.1) is 12.0 Å². The van der Waals surface area contributed by atoms with Crippen LogP contribution in [-0.2, 0) is 0 Å². The quantitative estimate of drug-likeness (QED) is 0.657. The summed E-state index contributed by atoms with van der Waals surface area (Å²) >= 11 is 0. The van der Waals surface area contributed by atoms with Gasteiger partial charge in [-0.1, -0.05) is 0 Å². The van der Waals surface area contributed by atoms with Crippen LogP contribution in [0.25, 0.3) is 5.69 Å². The molecule has 2 aromatic rings. The number of aromatic nitrogens is 2. The van der Waals surface area contributed by atoms with Crippen molar-refractivity contribution < 1.29 is 8.78 Å². The fourth-order valence-corrected chi connectivity index (χ4v) is 1.09. The summed E-state index contributed by atoms with van der Waals surface area (Å²) in [5, 5.41) is 0. The van der Waals surface area contributed by atoms with Crippen LogP contribution in [0, 0.1) is 11.6 Å². The molecular formula is C9H6F2N2. The summed E-state index contributed by atoms with van der Waals surface area (Å²) in [7, 11) is 0. The number of hydrogen-bond donors (Lipinski definition) is 0. The van der Waals surface area contributed by atoms with Gasteiger partial charge in [-0.3, -0.25) is 0 Å². The van der Waals surface area contributed by atoms with E-state index in [0.29, 0.717) is 5.69 Å². The van der Waals surface area contributed by atoms with Gasteiger partial charge in [-0.15, -0.1) is 0 Å².